The van der Waals surface area contributed by atoms with Crippen LogP contribution in [0.2, 0.25) is 0 Å². The van der Waals surface area contributed by atoms with Crippen molar-refractivity contribution in [3.63, 3.8) is 0 Å². The Morgan fingerprint density at radius 2 is 1.76 bits per heavy atom. The summed E-state index contributed by atoms with van der Waals surface area (Å²) in [6, 6.07) is 12.9. The number of imide groups is 1. The predicted octanol–water partition coefficient (Wildman–Crippen LogP) is 2.72. The lowest BCUT2D eigenvalue weighted by Gasteiger charge is -2.29. The van der Waals surface area contributed by atoms with Crippen LogP contribution >= 0.6 is 0 Å². The van der Waals surface area contributed by atoms with Crippen LogP contribution in [0.1, 0.15) is 25.8 Å². The zero-order valence-corrected chi connectivity index (χ0v) is 19.7. The van der Waals surface area contributed by atoms with Crippen molar-refractivity contribution < 1.29 is 23.9 Å². The molecule has 0 unspecified atom stereocenters. The second-order valence-electron chi connectivity index (χ2n) is 8.40. The number of anilines is 2. The third-order valence-electron chi connectivity index (χ3n) is 6.51. The minimum absolute atomic E-state index is 0.345. The maximum atomic E-state index is 13.5. The fourth-order valence-corrected chi connectivity index (χ4v) is 4.40. The molecular weight excluding hydrogens is 436 g/mol. The first-order chi connectivity index (χ1) is 16.4. The number of hydrogen-bond donors (Lipinski definition) is 2. The smallest absolute Gasteiger partial charge is 0.326 e. The van der Waals surface area contributed by atoms with Crippen molar-refractivity contribution in [2.24, 2.45) is 0 Å². The quantitative estimate of drug-likeness (QED) is 0.609. The van der Waals surface area contributed by atoms with Gasteiger partial charge < -0.3 is 25.0 Å². The second-order valence-corrected chi connectivity index (χ2v) is 8.40. The van der Waals surface area contributed by atoms with E-state index in [9.17, 15) is 14.4 Å². The molecule has 4 rings (SSSR count). The van der Waals surface area contributed by atoms with Crippen LogP contribution in [0.3, 0.4) is 0 Å². The van der Waals surface area contributed by atoms with E-state index in [0.29, 0.717) is 36.6 Å². The van der Waals surface area contributed by atoms with Gasteiger partial charge in [-0.25, -0.2) is 9.69 Å². The number of nitrogens with zero attached hydrogens (tertiary/aromatic N) is 2. The minimum Gasteiger partial charge on any atom is -0.497 e. The molecule has 4 amide bonds. The van der Waals surface area contributed by atoms with Gasteiger partial charge in [0.15, 0.2) is 0 Å². The highest BCUT2D eigenvalue weighted by atomic mass is 16.5. The molecule has 9 heteroatoms. The molecule has 2 aromatic carbocycles. The van der Waals surface area contributed by atoms with Crippen LogP contribution in [-0.4, -0.2) is 62.2 Å². The number of nitrogens with one attached hydrogen (secondary N) is 2. The zero-order valence-electron chi connectivity index (χ0n) is 19.7. The van der Waals surface area contributed by atoms with Gasteiger partial charge in [0, 0.05) is 24.5 Å². The summed E-state index contributed by atoms with van der Waals surface area (Å²) >= 11 is 0. The lowest BCUT2D eigenvalue weighted by Crippen LogP contribution is -2.47. The number of morpholine rings is 1. The number of rotatable bonds is 7. The fourth-order valence-electron chi connectivity index (χ4n) is 4.40. The molecule has 2 aromatic rings. The number of amides is 4. The molecule has 0 radical (unpaired) electrons. The molecule has 2 aliphatic heterocycles. The SMILES string of the molecule is CC[C@@]1(c2ccc(OC)cc2)NC(=O)N([C@@H](C)C(=O)Nc2ccc(N3CCOCC3)cc2)C1=O. The molecule has 0 spiro atoms. The molecule has 0 bridgehead atoms. The van der Waals surface area contributed by atoms with Gasteiger partial charge >= 0.3 is 6.03 Å². The van der Waals surface area contributed by atoms with Crippen molar-refractivity contribution in [3.8, 4) is 5.75 Å². The van der Waals surface area contributed by atoms with E-state index in [1.807, 2.05) is 31.2 Å². The van der Waals surface area contributed by atoms with Crippen LogP contribution in [0.5, 0.6) is 5.75 Å². The minimum atomic E-state index is -1.22. The number of benzene rings is 2. The first-order valence-corrected chi connectivity index (χ1v) is 11.4. The Labute approximate surface area is 199 Å². The van der Waals surface area contributed by atoms with Crippen molar-refractivity contribution in [1.29, 1.82) is 0 Å². The van der Waals surface area contributed by atoms with Gasteiger partial charge in [-0.2, -0.15) is 0 Å². The van der Waals surface area contributed by atoms with Crippen LogP contribution < -0.4 is 20.3 Å². The molecule has 2 atom stereocenters. The van der Waals surface area contributed by atoms with Gasteiger partial charge in [-0.15, -0.1) is 0 Å². The summed E-state index contributed by atoms with van der Waals surface area (Å²) in [5.41, 5.74) is 1.06. The number of ether oxygens (including phenoxy) is 2. The third kappa shape index (κ3) is 4.31. The Kier molecular flexibility index (Phi) is 6.74. The third-order valence-corrected chi connectivity index (χ3v) is 6.51. The average molecular weight is 467 g/mol. The molecule has 0 aromatic heterocycles. The van der Waals surface area contributed by atoms with Gasteiger partial charge in [0.05, 0.1) is 20.3 Å². The number of carbonyl (C=O) groups is 3. The summed E-state index contributed by atoms with van der Waals surface area (Å²) in [5, 5.41) is 5.63. The highest BCUT2D eigenvalue weighted by Gasteiger charge is 2.53. The maximum Gasteiger partial charge on any atom is 0.326 e. The molecular formula is C25H30N4O5. The molecule has 2 aliphatic rings. The average Bonchev–Trinajstić information content (AvgIpc) is 3.14. The Hall–Kier alpha value is -3.59. The molecule has 0 aliphatic carbocycles. The van der Waals surface area contributed by atoms with E-state index in [4.69, 9.17) is 9.47 Å². The molecule has 0 saturated carbocycles. The Morgan fingerprint density at radius 1 is 1.12 bits per heavy atom. The summed E-state index contributed by atoms with van der Waals surface area (Å²) in [7, 11) is 1.56. The van der Waals surface area contributed by atoms with Gasteiger partial charge in [-0.1, -0.05) is 19.1 Å². The molecule has 2 N–H and O–H groups in total. The Bertz CT molecular complexity index is 1050. The predicted molar refractivity (Wildman–Crippen MR) is 128 cm³/mol. The van der Waals surface area contributed by atoms with E-state index in [2.05, 4.69) is 15.5 Å². The van der Waals surface area contributed by atoms with E-state index in [1.54, 1.807) is 38.3 Å². The molecule has 2 heterocycles. The molecule has 34 heavy (non-hydrogen) atoms. The van der Waals surface area contributed by atoms with E-state index in [0.717, 1.165) is 23.7 Å². The summed E-state index contributed by atoms with van der Waals surface area (Å²) in [5.74, 6) is -0.240. The van der Waals surface area contributed by atoms with Gasteiger partial charge in [0.1, 0.15) is 17.3 Å². The summed E-state index contributed by atoms with van der Waals surface area (Å²) < 4.78 is 10.6. The van der Waals surface area contributed by atoms with Crippen molar-refractivity contribution in [1.82, 2.24) is 10.2 Å². The lowest BCUT2D eigenvalue weighted by molar-refractivity contribution is -0.136. The first-order valence-electron chi connectivity index (χ1n) is 11.4. The Morgan fingerprint density at radius 3 is 2.35 bits per heavy atom. The van der Waals surface area contributed by atoms with Gasteiger partial charge in [-0.3, -0.25) is 9.59 Å². The summed E-state index contributed by atoms with van der Waals surface area (Å²) in [6.07, 6.45) is 0.345. The van der Waals surface area contributed by atoms with Gasteiger partial charge in [0.2, 0.25) is 5.91 Å². The van der Waals surface area contributed by atoms with E-state index in [-0.39, 0.29) is 0 Å². The maximum absolute atomic E-state index is 13.5. The standard InChI is InChI=1S/C25H30N4O5/c1-4-25(18-5-11-21(33-3)12-6-18)23(31)29(24(32)27-25)17(2)22(30)26-19-7-9-20(10-8-19)28-13-15-34-16-14-28/h5-12,17H,4,13-16H2,1-3H3,(H,26,30)(H,27,32)/t17-,25-/m0/s1. The first kappa shape index (κ1) is 23.6. The summed E-state index contributed by atoms with van der Waals surface area (Å²) in [6.45, 7) is 6.40. The molecule has 9 nitrogen and oxygen atoms in total. The van der Waals surface area contributed by atoms with Gasteiger partial charge in [-0.05, 0) is 55.3 Å². The van der Waals surface area contributed by atoms with Gasteiger partial charge in [0.25, 0.3) is 5.91 Å². The molecule has 180 valence electrons. The van der Waals surface area contributed by atoms with Crippen LogP contribution in [0.4, 0.5) is 16.2 Å². The van der Waals surface area contributed by atoms with Crippen molar-refractivity contribution >= 4 is 29.2 Å². The number of hydrogen-bond acceptors (Lipinski definition) is 6. The van der Waals surface area contributed by atoms with Crippen molar-refractivity contribution in [2.75, 3.05) is 43.6 Å². The van der Waals surface area contributed by atoms with Crippen LogP contribution in [0.25, 0.3) is 0 Å². The topological polar surface area (TPSA) is 100 Å². The Balaban J connectivity index is 1.47. The normalized spacial score (nSPS) is 21.3. The van der Waals surface area contributed by atoms with Crippen molar-refractivity contribution in [2.45, 2.75) is 31.8 Å². The summed E-state index contributed by atoms with van der Waals surface area (Å²) in [4.78, 5) is 42.5. The van der Waals surface area contributed by atoms with Crippen molar-refractivity contribution in [3.05, 3.63) is 54.1 Å². The van der Waals surface area contributed by atoms with Crippen LogP contribution in [0.15, 0.2) is 48.5 Å². The highest BCUT2D eigenvalue weighted by molar-refractivity contribution is 6.11. The van der Waals surface area contributed by atoms with Crippen LogP contribution in [-0.2, 0) is 19.9 Å². The molecule has 2 fully saturated rings. The van der Waals surface area contributed by atoms with E-state index >= 15 is 0 Å². The lowest BCUT2D eigenvalue weighted by atomic mass is 9.87. The van der Waals surface area contributed by atoms with E-state index < -0.39 is 29.4 Å². The largest absolute Gasteiger partial charge is 0.497 e. The zero-order chi connectivity index (χ0) is 24.3. The molecule has 2 saturated heterocycles. The number of urea groups is 1. The fraction of sp³-hybridized carbons (Fsp3) is 0.400. The second kappa shape index (κ2) is 9.72. The monoisotopic (exact) mass is 466 g/mol. The number of methoxy groups -OCH3 is 1. The van der Waals surface area contributed by atoms with E-state index in [1.165, 1.54) is 0 Å². The highest BCUT2D eigenvalue weighted by Crippen LogP contribution is 2.34. The number of carbonyl (C=O) groups excluding carboxylic acids is 3. The van der Waals surface area contributed by atoms with Crippen LogP contribution in [0, 0.1) is 0 Å².